The average molecular weight is 447 g/mol. The van der Waals surface area contributed by atoms with Crippen LogP contribution in [0.25, 0.3) is 0 Å². The number of amides is 1. The molecule has 0 N–H and O–H groups in total. The number of hydrogen-bond donors (Lipinski definition) is 0. The molecule has 2 heterocycles. The van der Waals surface area contributed by atoms with Crippen molar-refractivity contribution in [1.29, 1.82) is 0 Å². The molecule has 0 radical (unpaired) electrons. The van der Waals surface area contributed by atoms with Crippen molar-refractivity contribution in [3.05, 3.63) is 88.6 Å². The molecule has 6 nitrogen and oxygen atoms in total. The van der Waals surface area contributed by atoms with Gasteiger partial charge in [-0.05, 0) is 44.5 Å². The number of carbonyl (C=O) groups excluding carboxylic acids is 1. The first kappa shape index (κ1) is 23.2. The SMILES string of the molecule is Cc1ccc(C)c(CN(Cc2nc(C(=O)N3CCN(C)CC3)co2)C(C)c2ccccc2)c1. The lowest BCUT2D eigenvalue weighted by atomic mass is 10.0. The Balaban J connectivity index is 1.54. The van der Waals surface area contributed by atoms with Gasteiger partial charge < -0.3 is 14.2 Å². The zero-order chi connectivity index (χ0) is 23.4. The van der Waals surface area contributed by atoms with Crippen molar-refractivity contribution in [1.82, 2.24) is 19.7 Å². The molecule has 0 bridgehead atoms. The van der Waals surface area contributed by atoms with Crippen molar-refractivity contribution in [2.75, 3.05) is 33.2 Å². The maximum Gasteiger partial charge on any atom is 0.275 e. The normalized spacial score (nSPS) is 15.7. The Morgan fingerprint density at radius 1 is 1.06 bits per heavy atom. The van der Waals surface area contributed by atoms with E-state index in [0.717, 1.165) is 32.7 Å². The third kappa shape index (κ3) is 5.70. The molecule has 1 amide bonds. The van der Waals surface area contributed by atoms with Gasteiger partial charge in [0.15, 0.2) is 5.69 Å². The van der Waals surface area contributed by atoms with Crippen molar-refractivity contribution in [2.45, 2.75) is 39.9 Å². The minimum absolute atomic E-state index is 0.0460. The Bertz CT molecular complexity index is 1070. The molecule has 0 aliphatic carbocycles. The van der Waals surface area contributed by atoms with Crippen molar-refractivity contribution >= 4 is 5.91 Å². The summed E-state index contributed by atoms with van der Waals surface area (Å²) >= 11 is 0. The lowest BCUT2D eigenvalue weighted by molar-refractivity contribution is 0.0658. The second-order valence-electron chi connectivity index (χ2n) is 9.14. The van der Waals surface area contributed by atoms with Gasteiger partial charge in [0.2, 0.25) is 5.89 Å². The van der Waals surface area contributed by atoms with Crippen molar-refractivity contribution < 1.29 is 9.21 Å². The summed E-state index contributed by atoms with van der Waals surface area (Å²) in [6, 6.07) is 17.2. The van der Waals surface area contributed by atoms with Crippen LogP contribution in [0, 0.1) is 13.8 Å². The van der Waals surface area contributed by atoms with Gasteiger partial charge in [0.25, 0.3) is 5.91 Å². The molecule has 174 valence electrons. The number of aromatic nitrogens is 1. The Morgan fingerprint density at radius 3 is 2.52 bits per heavy atom. The Morgan fingerprint density at radius 2 is 1.79 bits per heavy atom. The topological polar surface area (TPSA) is 52.8 Å². The molecule has 1 atom stereocenters. The van der Waals surface area contributed by atoms with E-state index >= 15 is 0 Å². The standard InChI is InChI=1S/C27H34N4O2/c1-20-10-11-21(2)24(16-20)17-31(22(3)23-8-6-5-7-9-23)18-26-28-25(19-33-26)27(32)30-14-12-29(4)13-15-30/h5-11,16,19,22H,12-15,17-18H2,1-4H3. The number of likely N-dealkylation sites (N-methyl/N-ethyl adjacent to an activating group) is 1. The van der Waals surface area contributed by atoms with Crippen LogP contribution in [0.1, 0.15) is 51.6 Å². The molecule has 33 heavy (non-hydrogen) atoms. The van der Waals surface area contributed by atoms with E-state index in [9.17, 15) is 4.79 Å². The van der Waals surface area contributed by atoms with Crippen LogP contribution in [0.4, 0.5) is 0 Å². The molecule has 0 spiro atoms. The number of hydrogen-bond acceptors (Lipinski definition) is 5. The zero-order valence-electron chi connectivity index (χ0n) is 20.1. The van der Waals surface area contributed by atoms with Gasteiger partial charge in [-0.2, -0.15) is 0 Å². The van der Waals surface area contributed by atoms with Crippen LogP contribution in [-0.4, -0.2) is 58.8 Å². The lowest BCUT2D eigenvalue weighted by Crippen LogP contribution is -2.47. The number of nitrogens with zero attached hydrogens (tertiary/aromatic N) is 4. The summed E-state index contributed by atoms with van der Waals surface area (Å²) in [5.74, 6) is 0.524. The maximum atomic E-state index is 12.9. The number of aryl methyl sites for hydroxylation is 2. The number of benzene rings is 2. The van der Waals surface area contributed by atoms with E-state index in [0.29, 0.717) is 18.1 Å². The highest BCUT2D eigenvalue weighted by Gasteiger charge is 2.25. The first-order chi connectivity index (χ1) is 15.9. The zero-order valence-corrected chi connectivity index (χ0v) is 20.1. The average Bonchev–Trinajstić information content (AvgIpc) is 3.29. The molecular formula is C27H34N4O2. The van der Waals surface area contributed by atoms with Crippen LogP contribution in [-0.2, 0) is 13.1 Å². The molecule has 1 fully saturated rings. The van der Waals surface area contributed by atoms with Gasteiger partial charge in [0.1, 0.15) is 6.26 Å². The molecule has 1 unspecified atom stereocenters. The highest BCUT2D eigenvalue weighted by atomic mass is 16.3. The quantitative estimate of drug-likeness (QED) is 0.537. The predicted octanol–water partition coefficient (Wildman–Crippen LogP) is 4.44. The molecule has 0 saturated carbocycles. The number of oxazole rings is 1. The molecule has 4 rings (SSSR count). The smallest absolute Gasteiger partial charge is 0.275 e. The van der Waals surface area contributed by atoms with Gasteiger partial charge in [-0.15, -0.1) is 0 Å². The molecular weight excluding hydrogens is 412 g/mol. The molecule has 3 aromatic rings. The van der Waals surface area contributed by atoms with Crippen LogP contribution < -0.4 is 0 Å². The maximum absolute atomic E-state index is 12.9. The van der Waals surface area contributed by atoms with Crippen LogP contribution in [0.3, 0.4) is 0 Å². The lowest BCUT2D eigenvalue weighted by Gasteiger charge is -2.31. The fourth-order valence-corrected chi connectivity index (χ4v) is 4.29. The summed E-state index contributed by atoms with van der Waals surface area (Å²) in [6.07, 6.45) is 1.51. The van der Waals surface area contributed by atoms with E-state index in [2.05, 4.69) is 85.1 Å². The van der Waals surface area contributed by atoms with Crippen molar-refractivity contribution in [2.24, 2.45) is 0 Å². The monoisotopic (exact) mass is 446 g/mol. The van der Waals surface area contributed by atoms with Gasteiger partial charge in [-0.1, -0.05) is 54.1 Å². The Hall–Kier alpha value is -2.96. The highest BCUT2D eigenvalue weighted by molar-refractivity contribution is 5.92. The highest BCUT2D eigenvalue weighted by Crippen LogP contribution is 2.26. The van der Waals surface area contributed by atoms with Crippen LogP contribution in [0.2, 0.25) is 0 Å². The summed E-state index contributed by atoms with van der Waals surface area (Å²) in [4.78, 5) is 23.9. The summed E-state index contributed by atoms with van der Waals surface area (Å²) in [6.45, 7) is 11.0. The molecule has 1 aromatic heterocycles. The first-order valence-electron chi connectivity index (χ1n) is 11.7. The second kappa shape index (κ2) is 10.3. The minimum Gasteiger partial charge on any atom is -0.447 e. The predicted molar refractivity (Wildman–Crippen MR) is 130 cm³/mol. The largest absolute Gasteiger partial charge is 0.447 e. The first-order valence-corrected chi connectivity index (χ1v) is 11.7. The molecule has 1 aliphatic rings. The minimum atomic E-state index is -0.0460. The molecule has 2 aromatic carbocycles. The van der Waals surface area contributed by atoms with E-state index in [1.54, 1.807) is 0 Å². The van der Waals surface area contributed by atoms with Crippen LogP contribution in [0.5, 0.6) is 0 Å². The van der Waals surface area contributed by atoms with E-state index in [-0.39, 0.29) is 11.9 Å². The van der Waals surface area contributed by atoms with Crippen molar-refractivity contribution in [3.8, 4) is 0 Å². The number of piperazine rings is 1. The molecule has 1 aliphatic heterocycles. The molecule has 6 heteroatoms. The third-order valence-corrected chi connectivity index (χ3v) is 6.61. The van der Waals surface area contributed by atoms with Gasteiger partial charge >= 0.3 is 0 Å². The third-order valence-electron chi connectivity index (χ3n) is 6.61. The van der Waals surface area contributed by atoms with Crippen molar-refractivity contribution in [3.63, 3.8) is 0 Å². The van der Waals surface area contributed by atoms with Gasteiger partial charge in [-0.25, -0.2) is 4.98 Å². The van der Waals surface area contributed by atoms with E-state index in [1.165, 1.54) is 28.5 Å². The van der Waals surface area contributed by atoms with Crippen LogP contribution >= 0.6 is 0 Å². The van der Waals surface area contributed by atoms with E-state index in [1.807, 2.05) is 11.0 Å². The summed E-state index contributed by atoms with van der Waals surface area (Å²) in [5, 5.41) is 0. The molecule has 1 saturated heterocycles. The summed E-state index contributed by atoms with van der Waals surface area (Å²) in [5.41, 5.74) is 5.44. The van der Waals surface area contributed by atoms with Gasteiger partial charge in [0.05, 0.1) is 6.54 Å². The van der Waals surface area contributed by atoms with Gasteiger partial charge in [0, 0.05) is 38.8 Å². The van der Waals surface area contributed by atoms with E-state index < -0.39 is 0 Å². The Labute approximate surface area is 196 Å². The fraction of sp³-hybridized carbons (Fsp3) is 0.407. The summed E-state index contributed by atoms with van der Waals surface area (Å²) < 4.78 is 5.80. The fourth-order valence-electron chi connectivity index (χ4n) is 4.29. The number of rotatable bonds is 7. The Kier molecular flexibility index (Phi) is 7.26. The van der Waals surface area contributed by atoms with E-state index in [4.69, 9.17) is 4.42 Å². The van der Waals surface area contributed by atoms with Crippen LogP contribution in [0.15, 0.2) is 59.2 Å². The van der Waals surface area contributed by atoms with Gasteiger partial charge in [-0.3, -0.25) is 9.69 Å². The number of carbonyl (C=O) groups is 1. The summed E-state index contributed by atoms with van der Waals surface area (Å²) in [7, 11) is 2.08. The second-order valence-corrected chi connectivity index (χ2v) is 9.14.